The summed E-state index contributed by atoms with van der Waals surface area (Å²) in [6.07, 6.45) is 4.18. The molecule has 0 saturated carbocycles. The molecule has 2 saturated heterocycles. The Labute approximate surface area is 148 Å². The van der Waals surface area contributed by atoms with E-state index in [1.807, 2.05) is 17.5 Å². The van der Waals surface area contributed by atoms with Crippen LogP contribution in [0.2, 0.25) is 0 Å². The van der Waals surface area contributed by atoms with E-state index in [9.17, 15) is 4.79 Å². The third-order valence-corrected chi connectivity index (χ3v) is 5.84. The predicted molar refractivity (Wildman–Crippen MR) is 97.3 cm³/mol. The number of piperazine rings is 1. The maximum Gasteiger partial charge on any atom is 0.298 e. The molecule has 2 unspecified atom stereocenters. The number of nitrogens with zero attached hydrogens (tertiary/aromatic N) is 3. The van der Waals surface area contributed by atoms with Crippen molar-refractivity contribution < 1.29 is 9.21 Å². The van der Waals surface area contributed by atoms with Gasteiger partial charge < -0.3 is 14.6 Å². The second kappa shape index (κ2) is 5.64. The Hall–Kier alpha value is -2.25. The second-order valence-corrected chi connectivity index (χ2v) is 7.70. The van der Waals surface area contributed by atoms with E-state index in [0.29, 0.717) is 29.2 Å². The number of fused-ring (bicyclic) bond motifs is 3. The third-order valence-electron chi connectivity index (χ3n) is 5.04. The Bertz CT molecular complexity index is 938. The standard InChI is InChI=1S/C18H18N4O2S/c1-10(23)11-6-14(17-19-4-5-25-17)16-15(7-11)21-18(24-16)22-8-12-2-3-13(9-22)20-12/h4-7,12-13,20H,2-3,8-9H2,1H3. The van der Waals surface area contributed by atoms with E-state index in [2.05, 4.69) is 15.2 Å². The number of aromatic nitrogens is 2. The van der Waals surface area contributed by atoms with Crippen LogP contribution < -0.4 is 10.2 Å². The molecule has 5 rings (SSSR count). The zero-order chi connectivity index (χ0) is 17.0. The highest BCUT2D eigenvalue weighted by Gasteiger charge is 2.34. The van der Waals surface area contributed by atoms with Gasteiger partial charge in [0.25, 0.3) is 6.01 Å². The molecular formula is C18H18N4O2S. The van der Waals surface area contributed by atoms with Crippen molar-refractivity contribution in [3.8, 4) is 10.6 Å². The first-order valence-corrected chi connectivity index (χ1v) is 9.42. The molecule has 2 aromatic heterocycles. The van der Waals surface area contributed by atoms with E-state index in [4.69, 9.17) is 9.40 Å². The molecule has 128 valence electrons. The summed E-state index contributed by atoms with van der Waals surface area (Å²) in [5.41, 5.74) is 2.91. The summed E-state index contributed by atoms with van der Waals surface area (Å²) < 4.78 is 6.16. The van der Waals surface area contributed by atoms with Crippen molar-refractivity contribution in [1.82, 2.24) is 15.3 Å². The fourth-order valence-electron chi connectivity index (χ4n) is 3.83. The largest absolute Gasteiger partial charge is 0.423 e. The van der Waals surface area contributed by atoms with Gasteiger partial charge in [0.15, 0.2) is 11.4 Å². The van der Waals surface area contributed by atoms with Gasteiger partial charge >= 0.3 is 0 Å². The highest BCUT2D eigenvalue weighted by molar-refractivity contribution is 7.13. The smallest absolute Gasteiger partial charge is 0.298 e. The molecule has 0 spiro atoms. The van der Waals surface area contributed by atoms with Crippen molar-refractivity contribution in [2.75, 3.05) is 18.0 Å². The zero-order valence-corrected chi connectivity index (χ0v) is 14.7. The number of ketones is 1. The summed E-state index contributed by atoms with van der Waals surface area (Å²) >= 11 is 1.53. The predicted octanol–water partition coefficient (Wildman–Crippen LogP) is 3.09. The van der Waals surface area contributed by atoms with Crippen molar-refractivity contribution >= 4 is 34.2 Å². The normalized spacial score (nSPS) is 22.7. The Morgan fingerprint density at radius 2 is 2.12 bits per heavy atom. The Morgan fingerprint density at radius 3 is 2.80 bits per heavy atom. The number of nitrogens with one attached hydrogen (secondary N) is 1. The highest BCUT2D eigenvalue weighted by Crippen LogP contribution is 2.35. The molecule has 1 aromatic carbocycles. The SMILES string of the molecule is CC(=O)c1cc(-c2nccs2)c2oc(N3CC4CCC(C3)N4)nc2c1. The number of benzene rings is 1. The monoisotopic (exact) mass is 354 g/mol. The lowest BCUT2D eigenvalue weighted by atomic mass is 10.1. The fourth-order valence-corrected chi connectivity index (χ4v) is 4.48. The molecular weight excluding hydrogens is 336 g/mol. The van der Waals surface area contributed by atoms with E-state index in [0.717, 1.165) is 29.2 Å². The van der Waals surface area contributed by atoms with Crippen molar-refractivity contribution in [2.24, 2.45) is 0 Å². The average Bonchev–Trinajstić information content (AvgIpc) is 3.33. The molecule has 1 N–H and O–H groups in total. The van der Waals surface area contributed by atoms with Crippen LogP contribution >= 0.6 is 11.3 Å². The number of thiazole rings is 1. The molecule has 2 fully saturated rings. The Balaban J connectivity index is 1.63. The molecule has 2 bridgehead atoms. The van der Waals surface area contributed by atoms with Crippen LogP contribution in [0.1, 0.15) is 30.1 Å². The van der Waals surface area contributed by atoms with Crippen LogP contribution in [0.15, 0.2) is 28.1 Å². The maximum absolute atomic E-state index is 11.9. The second-order valence-electron chi connectivity index (χ2n) is 6.80. The third kappa shape index (κ3) is 2.54. The van der Waals surface area contributed by atoms with Crippen LogP contribution in [0, 0.1) is 0 Å². The van der Waals surface area contributed by atoms with Gasteiger partial charge in [0.2, 0.25) is 0 Å². The van der Waals surface area contributed by atoms with Gasteiger partial charge in [-0.25, -0.2) is 4.98 Å². The summed E-state index contributed by atoms with van der Waals surface area (Å²) in [7, 11) is 0. The summed E-state index contributed by atoms with van der Waals surface area (Å²) in [5.74, 6) is 0.0180. The molecule has 25 heavy (non-hydrogen) atoms. The van der Waals surface area contributed by atoms with Crippen LogP contribution in [-0.4, -0.2) is 40.9 Å². The Morgan fingerprint density at radius 1 is 1.32 bits per heavy atom. The minimum Gasteiger partial charge on any atom is -0.423 e. The quantitative estimate of drug-likeness (QED) is 0.729. The first-order chi connectivity index (χ1) is 12.2. The molecule has 0 amide bonds. The van der Waals surface area contributed by atoms with Gasteiger partial charge in [0, 0.05) is 42.3 Å². The molecule has 2 atom stereocenters. The summed E-state index contributed by atoms with van der Waals surface area (Å²) in [6, 6.07) is 5.35. The van der Waals surface area contributed by atoms with Crippen molar-refractivity contribution in [3.63, 3.8) is 0 Å². The van der Waals surface area contributed by atoms with Gasteiger partial charge in [-0.05, 0) is 31.9 Å². The van der Waals surface area contributed by atoms with E-state index >= 15 is 0 Å². The van der Waals surface area contributed by atoms with Crippen LogP contribution in [0.5, 0.6) is 0 Å². The number of Topliss-reactive ketones (excluding diaryl/α,β-unsaturated/α-hetero) is 1. The summed E-state index contributed by atoms with van der Waals surface area (Å²) in [6.45, 7) is 3.40. The van der Waals surface area contributed by atoms with Crippen LogP contribution in [0.3, 0.4) is 0 Å². The number of hydrogen-bond acceptors (Lipinski definition) is 7. The van der Waals surface area contributed by atoms with Crippen LogP contribution in [-0.2, 0) is 0 Å². The zero-order valence-electron chi connectivity index (χ0n) is 13.9. The van der Waals surface area contributed by atoms with E-state index < -0.39 is 0 Å². The number of oxazole rings is 1. The lowest BCUT2D eigenvalue weighted by Crippen LogP contribution is -2.51. The number of carbonyl (C=O) groups is 1. The van der Waals surface area contributed by atoms with Crippen LogP contribution in [0.4, 0.5) is 6.01 Å². The van der Waals surface area contributed by atoms with E-state index in [1.165, 1.54) is 24.2 Å². The molecule has 4 heterocycles. The van der Waals surface area contributed by atoms with Gasteiger partial charge in [-0.15, -0.1) is 11.3 Å². The molecule has 0 aliphatic carbocycles. The number of anilines is 1. The number of carbonyl (C=O) groups excluding carboxylic acids is 1. The molecule has 2 aliphatic rings. The van der Waals surface area contributed by atoms with Gasteiger partial charge in [0.05, 0.1) is 5.56 Å². The molecule has 0 radical (unpaired) electrons. The topological polar surface area (TPSA) is 71.3 Å². The van der Waals surface area contributed by atoms with Gasteiger partial charge in [-0.3, -0.25) is 4.79 Å². The molecule has 7 heteroatoms. The Kier molecular flexibility index (Phi) is 3.39. The van der Waals surface area contributed by atoms with Crippen LogP contribution in [0.25, 0.3) is 21.7 Å². The lowest BCUT2D eigenvalue weighted by molar-refractivity contribution is 0.101. The minimum atomic E-state index is 0.0180. The first kappa shape index (κ1) is 15.0. The van der Waals surface area contributed by atoms with Gasteiger partial charge in [-0.1, -0.05) is 0 Å². The first-order valence-electron chi connectivity index (χ1n) is 8.54. The van der Waals surface area contributed by atoms with Crippen molar-refractivity contribution in [2.45, 2.75) is 31.8 Å². The van der Waals surface area contributed by atoms with Crippen molar-refractivity contribution in [1.29, 1.82) is 0 Å². The summed E-state index contributed by atoms with van der Waals surface area (Å²) in [5, 5.41) is 6.38. The fraction of sp³-hybridized carbons (Fsp3) is 0.389. The minimum absolute atomic E-state index is 0.0180. The van der Waals surface area contributed by atoms with Gasteiger partial charge in [-0.2, -0.15) is 4.98 Å². The van der Waals surface area contributed by atoms with Crippen molar-refractivity contribution in [3.05, 3.63) is 29.3 Å². The average molecular weight is 354 g/mol. The summed E-state index contributed by atoms with van der Waals surface area (Å²) in [4.78, 5) is 23.2. The number of hydrogen-bond donors (Lipinski definition) is 1. The maximum atomic E-state index is 11.9. The highest BCUT2D eigenvalue weighted by atomic mass is 32.1. The number of rotatable bonds is 3. The molecule has 2 aliphatic heterocycles. The molecule has 3 aromatic rings. The van der Waals surface area contributed by atoms with E-state index in [1.54, 1.807) is 13.1 Å². The lowest BCUT2D eigenvalue weighted by Gasteiger charge is -2.31. The molecule has 6 nitrogen and oxygen atoms in total. The van der Waals surface area contributed by atoms with Gasteiger partial charge in [0.1, 0.15) is 10.5 Å². The van der Waals surface area contributed by atoms with E-state index in [-0.39, 0.29) is 5.78 Å².